The number of hydrogen-bond acceptors (Lipinski definition) is 4. The molecule has 0 aliphatic carbocycles. The van der Waals surface area contributed by atoms with Gasteiger partial charge in [0.15, 0.2) is 0 Å². The van der Waals surface area contributed by atoms with E-state index >= 15 is 0 Å². The summed E-state index contributed by atoms with van der Waals surface area (Å²) in [6, 6.07) is 1.81. The number of rotatable bonds is 3. The number of aromatic nitrogens is 2. The molecule has 2 aromatic rings. The Bertz CT molecular complexity index is 475. The second-order valence-electron chi connectivity index (χ2n) is 3.49. The van der Waals surface area contributed by atoms with E-state index in [9.17, 15) is 4.79 Å². The lowest BCUT2D eigenvalue weighted by atomic mass is 10.3. The van der Waals surface area contributed by atoms with Crippen molar-refractivity contribution in [1.82, 2.24) is 15.1 Å². The molecular formula is C10H12N4O2. The number of carbonyl (C=O) groups is 1. The average molecular weight is 220 g/mol. The van der Waals surface area contributed by atoms with Crippen LogP contribution in [0.2, 0.25) is 0 Å². The van der Waals surface area contributed by atoms with Gasteiger partial charge in [0.1, 0.15) is 5.69 Å². The van der Waals surface area contributed by atoms with Gasteiger partial charge >= 0.3 is 0 Å². The molecular weight excluding hydrogens is 208 g/mol. The molecule has 6 heteroatoms. The van der Waals surface area contributed by atoms with Gasteiger partial charge in [-0.1, -0.05) is 0 Å². The van der Waals surface area contributed by atoms with Crippen LogP contribution in [0.25, 0.3) is 0 Å². The lowest BCUT2D eigenvalue weighted by Gasteiger charge is -2.15. The lowest BCUT2D eigenvalue weighted by Crippen LogP contribution is -2.27. The summed E-state index contributed by atoms with van der Waals surface area (Å²) in [7, 11) is 1.69. The number of hydrogen-bond donors (Lipinski definition) is 2. The maximum Gasteiger partial charge on any atom is 0.274 e. The molecule has 0 radical (unpaired) electrons. The zero-order valence-electron chi connectivity index (χ0n) is 8.80. The molecule has 0 saturated carbocycles. The molecule has 0 aliphatic heterocycles. The van der Waals surface area contributed by atoms with E-state index in [1.165, 1.54) is 11.1 Å². The Morgan fingerprint density at radius 1 is 1.69 bits per heavy atom. The Hall–Kier alpha value is -2.24. The molecule has 0 atom stereocenters. The molecule has 3 N–H and O–H groups in total. The van der Waals surface area contributed by atoms with Gasteiger partial charge in [0.05, 0.1) is 24.4 Å². The van der Waals surface area contributed by atoms with E-state index in [0.717, 1.165) is 5.56 Å². The number of carbonyl (C=O) groups excluding carboxylic acids is 1. The minimum Gasteiger partial charge on any atom is -0.472 e. The molecule has 0 bridgehead atoms. The smallest absolute Gasteiger partial charge is 0.274 e. The number of nitrogen functional groups attached to an aromatic ring is 1. The van der Waals surface area contributed by atoms with Crippen molar-refractivity contribution in [3.63, 3.8) is 0 Å². The number of aromatic amines is 1. The van der Waals surface area contributed by atoms with E-state index in [4.69, 9.17) is 10.2 Å². The molecule has 16 heavy (non-hydrogen) atoms. The van der Waals surface area contributed by atoms with E-state index in [2.05, 4.69) is 10.2 Å². The molecule has 0 aliphatic rings. The van der Waals surface area contributed by atoms with Crippen LogP contribution in [0.3, 0.4) is 0 Å². The van der Waals surface area contributed by atoms with Gasteiger partial charge < -0.3 is 15.1 Å². The summed E-state index contributed by atoms with van der Waals surface area (Å²) >= 11 is 0. The Labute approximate surface area is 92.0 Å². The van der Waals surface area contributed by atoms with Crippen molar-refractivity contribution in [3.05, 3.63) is 36.0 Å². The van der Waals surface area contributed by atoms with Crippen molar-refractivity contribution in [3.8, 4) is 0 Å². The fourth-order valence-electron chi connectivity index (χ4n) is 1.39. The Balaban J connectivity index is 2.08. The molecule has 0 aromatic carbocycles. The van der Waals surface area contributed by atoms with Crippen LogP contribution in [0.4, 0.5) is 5.69 Å². The highest BCUT2D eigenvalue weighted by Crippen LogP contribution is 2.11. The first-order chi connectivity index (χ1) is 7.68. The first kappa shape index (κ1) is 10.3. The van der Waals surface area contributed by atoms with Crippen LogP contribution in [-0.4, -0.2) is 28.1 Å². The summed E-state index contributed by atoms with van der Waals surface area (Å²) < 4.78 is 4.93. The molecule has 0 spiro atoms. The summed E-state index contributed by atoms with van der Waals surface area (Å²) in [6.45, 7) is 0.466. The minimum atomic E-state index is -0.198. The van der Waals surface area contributed by atoms with Crippen molar-refractivity contribution in [2.45, 2.75) is 6.54 Å². The predicted octanol–water partition coefficient (Wildman–Crippen LogP) is 0.857. The van der Waals surface area contributed by atoms with Gasteiger partial charge in [-0.25, -0.2) is 0 Å². The zero-order chi connectivity index (χ0) is 11.5. The Kier molecular flexibility index (Phi) is 2.63. The standard InChI is InChI=1S/C10H12N4O2/c1-14(5-7-2-3-16-6-7)10(15)9-8(11)4-12-13-9/h2-4,6H,5,11H2,1H3,(H,12,13). The summed E-state index contributed by atoms with van der Waals surface area (Å²) in [4.78, 5) is 13.4. The van der Waals surface area contributed by atoms with Gasteiger partial charge in [-0.15, -0.1) is 0 Å². The molecule has 0 saturated heterocycles. The summed E-state index contributed by atoms with van der Waals surface area (Å²) in [5, 5.41) is 6.28. The van der Waals surface area contributed by atoms with Gasteiger partial charge in [-0.3, -0.25) is 9.89 Å². The van der Waals surface area contributed by atoms with Crippen LogP contribution in [0.15, 0.2) is 29.2 Å². The van der Waals surface area contributed by atoms with Gasteiger partial charge in [0.25, 0.3) is 5.91 Å². The van der Waals surface area contributed by atoms with Gasteiger partial charge in [0, 0.05) is 19.2 Å². The Morgan fingerprint density at radius 3 is 3.06 bits per heavy atom. The van der Waals surface area contributed by atoms with Crippen LogP contribution < -0.4 is 5.73 Å². The molecule has 6 nitrogen and oxygen atoms in total. The summed E-state index contributed by atoms with van der Waals surface area (Å²) in [5.41, 5.74) is 7.18. The number of nitrogens with one attached hydrogen (secondary N) is 1. The molecule has 1 amide bonds. The predicted molar refractivity (Wildman–Crippen MR) is 57.5 cm³/mol. The van der Waals surface area contributed by atoms with E-state index in [0.29, 0.717) is 17.9 Å². The number of amides is 1. The third-order valence-corrected chi connectivity index (χ3v) is 2.23. The first-order valence-electron chi connectivity index (χ1n) is 4.74. The number of H-pyrrole nitrogens is 1. The molecule has 2 heterocycles. The monoisotopic (exact) mass is 220 g/mol. The number of nitrogens with zero attached hydrogens (tertiary/aromatic N) is 2. The van der Waals surface area contributed by atoms with E-state index in [1.807, 2.05) is 0 Å². The van der Waals surface area contributed by atoms with Crippen LogP contribution in [0, 0.1) is 0 Å². The lowest BCUT2D eigenvalue weighted by molar-refractivity contribution is 0.0780. The van der Waals surface area contributed by atoms with E-state index in [1.54, 1.807) is 25.6 Å². The Morgan fingerprint density at radius 2 is 2.50 bits per heavy atom. The molecule has 2 rings (SSSR count). The second kappa shape index (κ2) is 4.09. The number of nitrogens with two attached hydrogens (primary N) is 1. The number of anilines is 1. The van der Waals surface area contributed by atoms with Crippen molar-refractivity contribution < 1.29 is 9.21 Å². The van der Waals surface area contributed by atoms with Crippen LogP contribution in [-0.2, 0) is 6.54 Å². The summed E-state index contributed by atoms with van der Waals surface area (Å²) in [6.07, 6.45) is 4.58. The van der Waals surface area contributed by atoms with Crippen LogP contribution in [0.5, 0.6) is 0 Å². The quantitative estimate of drug-likeness (QED) is 0.802. The largest absolute Gasteiger partial charge is 0.472 e. The molecule has 2 aromatic heterocycles. The van der Waals surface area contributed by atoms with Gasteiger partial charge in [-0.05, 0) is 6.07 Å². The van der Waals surface area contributed by atoms with E-state index in [-0.39, 0.29) is 5.91 Å². The molecule has 0 fully saturated rings. The zero-order valence-corrected chi connectivity index (χ0v) is 8.80. The van der Waals surface area contributed by atoms with Gasteiger partial charge in [-0.2, -0.15) is 5.10 Å². The van der Waals surface area contributed by atoms with E-state index < -0.39 is 0 Å². The molecule has 0 unspecified atom stereocenters. The summed E-state index contributed by atoms with van der Waals surface area (Å²) in [5.74, 6) is -0.198. The fraction of sp³-hybridized carbons (Fsp3) is 0.200. The molecule has 84 valence electrons. The fourth-order valence-corrected chi connectivity index (χ4v) is 1.39. The number of furan rings is 1. The maximum atomic E-state index is 11.9. The average Bonchev–Trinajstić information content (AvgIpc) is 2.88. The highest BCUT2D eigenvalue weighted by atomic mass is 16.3. The highest BCUT2D eigenvalue weighted by molar-refractivity contribution is 5.96. The van der Waals surface area contributed by atoms with Crippen LogP contribution >= 0.6 is 0 Å². The maximum absolute atomic E-state index is 11.9. The third kappa shape index (κ3) is 1.90. The SMILES string of the molecule is CN(Cc1ccoc1)C(=O)c1[nH]ncc1N. The highest BCUT2D eigenvalue weighted by Gasteiger charge is 2.16. The second-order valence-corrected chi connectivity index (χ2v) is 3.49. The topological polar surface area (TPSA) is 88.2 Å². The van der Waals surface area contributed by atoms with Crippen LogP contribution in [0.1, 0.15) is 16.1 Å². The van der Waals surface area contributed by atoms with Crippen molar-refractivity contribution >= 4 is 11.6 Å². The van der Waals surface area contributed by atoms with Crippen molar-refractivity contribution in [2.75, 3.05) is 12.8 Å². The third-order valence-electron chi connectivity index (χ3n) is 2.23. The minimum absolute atomic E-state index is 0.198. The normalized spacial score (nSPS) is 10.3. The van der Waals surface area contributed by atoms with Crippen molar-refractivity contribution in [2.24, 2.45) is 0 Å². The first-order valence-corrected chi connectivity index (χ1v) is 4.74. The van der Waals surface area contributed by atoms with Gasteiger partial charge in [0.2, 0.25) is 0 Å². The van der Waals surface area contributed by atoms with Crippen molar-refractivity contribution in [1.29, 1.82) is 0 Å².